The Kier molecular flexibility index (Phi) is 5.18. The number of anilines is 1. The molecule has 0 aromatic heterocycles. The smallest absolute Gasteiger partial charge is 0.252 e. The first kappa shape index (κ1) is 17.6. The van der Waals surface area contributed by atoms with E-state index in [0.29, 0.717) is 11.0 Å². The summed E-state index contributed by atoms with van der Waals surface area (Å²) in [5, 5.41) is 2.68. The molecule has 2 aromatic carbocycles. The second-order valence-corrected chi connectivity index (χ2v) is 6.86. The number of fused-ring (bicyclic) bond motifs is 1. The second-order valence-electron chi connectivity index (χ2n) is 6.01. The average molecular weight is 405 g/mol. The van der Waals surface area contributed by atoms with E-state index in [2.05, 4.69) is 21.2 Å². The van der Waals surface area contributed by atoms with Gasteiger partial charge in [-0.2, -0.15) is 0 Å². The van der Waals surface area contributed by atoms with E-state index in [9.17, 15) is 14.0 Å². The number of benzene rings is 2. The number of nitrogens with zero attached hydrogens (tertiary/aromatic N) is 1. The molecule has 4 nitrogen and oxygen atoms in total. The van der Waals surface area contributed by atoms with E-state index in [1.165, 1.54) is 23.8 Å². The molecule has 0 bridgehead atoms. The summed E-state index contributed by atoms with van der Waals surface area (Å²) in [6.07, 6.45) is 1.05. The highest BCUT2D eigenvalue weighted by molar-refractivity contribution is 9.10. The third kappa shape index (κ3) is 3.74. The van der Waals surface area contributed by atoms with Crippen LogP contribution in [0.2, 0.25) is 0 Å². The SMILES string of the molecule is Cc1cccc2c1N(C(=O)CCNC(=O)c1cc(F)ccc1Br)CC2. The van der Waals surface area contributed by atoms with E-state index in [1.807, 2.05) is 25.1 Å². The van der Waals surface area contributed by atoms with Gasteiger partial charge in [-0.3, -0.25) is 9.59 Å². The van der Waals surface area contributed by atoms with E-state index in [-0.39, 0.29) is 24.4 Å². The molecule has 0 saturated carbocycles. The van der Waals surface area contributed by atoms with E-state index in [1.54, 1.807) is 4.90 Å². The van der Waals surface area contributed by atoms with Gasteiger partial charge < -0.3 is 10.2 Å². The van der Waals surface area contributed by atoms with Crippen molar-refractivity contribution in [2.45, 2.75) is 19.8 Å². The molecule has 0 spiro atoms. The van der Waals surface area contributed by atoms with Crippen molar-refractivity contribution in [1.82, 2.24) is 5.32 Å². The minimum absolute atomic E-state index is 0.0216. The lowest BCUT2D eigenvalue weighted by Gasteiger charge is -2.19. The molecule has 0 fully saturated rings. The van der Waals surface area contributed by atoms with Crippen LogP contribution in [0.1, 0.15) is 27.9 Å². The molecule has 1 N–H and O–H groups in total. The van der Waals surface area contributed by atoms with Crippen molar-refractivity contribution in [3.05, 3.63) is 63.4 Å². The number of hydrogen-bond acceptors (Lipinski definition) is 2. The maximum Gasteiger partial charge on any atom is 0.252 e. The predicted octanol–water partition coefficient (Wildman–Crippen LogP) is 3.61. The van der Waals surface area contributed by atoms with Crippen LogP contribution in [0.5, 0.6) is 0 Å². The Morgan fingerprint density at radius 2 is 2.08 bits per heavy atom. The lowest BCUT2D eigenvalue weighted by molar-refractivity contribution is -0.118. The van der Waals surface area contributed by atoms with Crippen LogP contribution in [0.4, 0.5) is 10.1 Å². The first-order valence-corrected chi connectivity index (χ1v) is 8.89. The molecule has 0 aliphatic carbocycles. The van der Waals surface area contributed by atoms with Crippen LogP contribution >= 0.6 is 15.9 Å². The fourth-order valence-electron chi connectivity index (χ4n) is 3.09. The van der Waals surface area contributed by atoms with Gasteiger partial charge in [0.05, 0.1) is 5.56 Å². The Bertz CT molecular complexity index is 838. The van der Waals surface area contributed by atoms with Crippen molar-refractivity contribution in [2.75, 3.05) is 18.0 Å². The predicted molar refractivity (Wildman–Crippen MR) is 98.3 cm³/mol. The van der Waals surface area contributed by atoms with Gasteiger partial charge in [-0.05, 0) is 58.6 Å². The summed E-state index contributed by atoms with van der Waals surface area (Å²) in [5.41, 5.74) is 3.47. The first-order valence-electron chi connectivity index (χ1n) is 8.09. The maximum atomic E-state index is 13.3. The molecular weight excluding hydrogens is 387 g/mol. The van der Waals surface area contributed by atoms with Crippen molar-refractivity contribution < 1.29 is 14.0 Å². The molecule has 0 radical (unpaired) electrons. The topological polar surface area (TPSA) is 49.4 Å². The number of rotatable bonds is 4. The van der Waals surface area contributed by atoms with Crippen LogP contribution in [0.3, 0.4) is 0 Å². The zero-order chi connectivity index (χ0) is 18.0. The van der Waals surface area contributed by atoms with Crippen molar-refractivity contribution in [3.63, 3.8) is 0 Å². The number of amides is 2. The first-order chi connectivity index (χ1) is 12.0. The van der Waals surface area contributed by atoms with E-state index < -0.39 is 11.7 Å². The minimum atomic E-state index is -0.478. The Morgan fingerprint density at radius 3 is 2.88 bits per heavy atom. The number of aryl methyl sites for hydroxylation is 1. The molecule has 1 heterocycles. The average Bonchev–Trinajstić information content (AvgIpc) is 3.02. The molecule has 1 aliphatic rings. The van der Waals surface area contributed by atoms with Gasteiger partial charge in [-0.15, -0.1) is 0 Å². The quantitative estimate of drug-likeness (QED) is 0.845. The summed E-state index contributed by atoms with van der Waals surface area (Å²) < 4.78 is 13.8. The maximum absolute atomic E-state index is 13.3. The summed E-state index contributed by atoms with van der Waals surface area (Å²) in [6.45, 7) is 2.87. The van der Waals surface area contributed by atoms with Crippen LogP contribution < -0.4 is 10.2 Å². The van der Waals surface area contributed by atoms with Crippen LogP contribution in [-0.4, -0.2) is 24.9 Å². The molecule has 0 saturated heterocycles. The highest BCUT2D eigenvalue weighted by Crippen LogP contribution is 2.31. The van der Waals surface area contributed by atoms with Gasteiger partial charge in [0.15, 0.2) is 0 Å². The number of para-hydroxylation sites is 1. The van der Waals surface area contributed by atoms with E-state index >= 15 is 0 Å². The van der Waals surface area contributed by atoms with E-state index in [0.717, 1.165) is 17.7 Å². The highest BCUT2D eigenvalue weighted by atomic mass is 79.9. The zero-order valence-corrected chi connectivity index (χ0v) is 15.4. The Labute approximate surface area is 154 Å². The van der Waals surface area contributed by atoms with Crippen LogP contribution in [0.25, 0.3) is 0 Å². The van der Waals surface area contributed by atoms with Gasteiger partial charge in [0.2, 0.25) is 5.91 Å². The van der Waals surface area contributed by atoms with Crippen molar-refractivity contribution in [3.8, 4) is 0 Å². The lowest BCUT2D eigenvalue weighted by Crippen LogP contribution is -2.33. The minimum Gasteiger partial charge on any atom is -0.351 e. The van der Waals surface area contributed by atoms with E-state index in [4.69, 9.17) is 0 Å². The number of carbonyl (C=O) groups excluding carboxylic acids is 2. The molecule has 130 valence electrons. The number of carbonyl (C=O) groups is 2. The molecule has 2 amide bonds. The van der Waals surface area contributed by atoms with Crippen molar-refractivity contribution in [2.24, 2.45) is 0 Å². The highest BCUT2D eigenvalue weighted by Gasteiger charge is 2.25. The standard InChI is InChI=1S/C19H18BrFN2O2/c1-12-3-2-4-13-8-10-23(18(12)13)17(24)7-9-22-19(25)15-11-14(21)5-6-16(15)20/h2-6,11H,7-10H2,1H3,(H,22,25). The van der Waals surface area contributed by atoms with Gasteiger partial charge in [-0.1, -0.05) is 18.2 Å². The molecule has 3 rings (SSSR count). The fraction of sp³-hybridized carbons (Fsp3) is 0.263. The van der Waals surface area contributed by atoms with Crippen LogP contribution in [0, 0.1) is 12.7 Å². The molecule has 1 aliphatic heterocycles. The van der Waals surface area contributed by atoms with Gasteiger partial charge in [0.1, 0.15) is 5.82 Å². The lowest BCUT2D eigenvalue weighted by atomic mass is 10.1. The fourth-order valence-corrected chi connectivity index (χ4v) is 3.51. The summed E-state index contributed by atoms with van der Waals surface area (Å²) >= 11 is 3.23. The Balaban J connectivity index is 1.59. The number of halogens is 2. The molecule has 0 atom stereocenters. The number of hydrogen-bond donors (Lipinski definition) is 1. The zero-order valence-electron chi connectivity index (χ0n) is 13.8. The van der Waals surface area contributed by atoms with Gasteiger partial charge in [-0.25, -0.2) is 4.39 Å². The summed E-state index contributed by atoms with van der Waals surface area (Å²) in [5.74, 6) is -0.905. The Morgan fingerprint density at radius 1 is 1.28 bits per heavy atom. The second kappa shape index (κ2) is 7.35. The van der Waals surface area contributed by atoms with Crippen molar-refractivity contribution >= 4 is 33.4 Å². The molecule has 0 unspecified atom stereocenters. The summed E-state index contributed by atoms with van der Waals surface area (Å²) in [6, 6.07) is 9.96. The number of nitrogens with one attached hydrogen (secondary N) is 1. The van der Waals surface area contributed by atoms with Gasteiger partial charge in [0.25, 0.3) is 5.91 Å². The summed E-state index contributed by atoms with van der Waals surface area (Å²) in [4.78, 5) is 26.4. The van der Waals surface area contributed by atoms with Gasteiger partial charge in [0, 0.05) is 29.7 Å². The molecule has 6 heteroatoms. The van der Waals surface area contributed by atoms with Crippen LogP contribution in [0.15, 0.2) is 40.9 Å². The third-order valence-corrected chi connectivity index (χ3v) is 4.99. The van der Waals surface area contributed by atoms with Crippen molar-refractivity contribution in [1.29, 1.82) is 0 Å². The van der Waals surface area contributed by atoms with Crippen LogP contribution in [-0.2, 0) is 11.2 Å². The molecular formula is C19H18BrFN2O2. The summed E-state index contributed by atoms with van der Waals surface area (Å²) in [7, 11) is 0. The largest absolute Gasteiger partial charge is 0.351 e. The molecule has 25 heavy (non-hydrogen) atoms. The normalized spacial score (nSPS) is 12.8. The Hall–Kier alpha value is -2.21. The van der Waals surface area contributed by atoms with Gasteiger partial charge >= 0.3 is 0 Å². The molecule has 2 aromatic rings. The monoisotopic (exact) mass is 404 g/mol. The third-order valence-electron chi connectivity index (χ3n) is 4.29.